The van der Waals surface area contributed by atoms with E-state index in [-0.39, 0.29) is 17.9 Å². The number of fused-ring (bicyclic) bond motifs is 1. The molecule has 5 heteroatoms. The van der Waals surface area contributed by atoms with E-state index in [2.05, 4.69) is 114 Å². The van der Waals surface area contributed by atoms with Crippen molar-refractivity contribution in [1.29, 1.82) is 0 Å². The third-order valence-corrected chi connectivity index (χ3v) is 8.07. The number of para-hydroxylation sites is 1. The summed E-state index contributed by atoms with van der Waals surface area (Å²) in [6, 6.07) is 23.6. The lowest BCUT2D eigenvalue weighted by molar-refractivity contribution is -0.121. The Morgan fingerprint density at radius 3 is 2.47 bits per heavy atom. The fraction of sp³-hybridized carbons (Fsp3) is 0.387. The molecule has 1 amide bonds. The maximum atomic E-state index is 13.3. The minimum absolute atomic E-state index is 0.0368. The van der Waals surface area contributed by atoms with Crippen molar-refractivity contribution in [2.45, 2.75) is 58.5 Å². The molecule has 4 rings (SSSR count). The van der Waals surface area contributed by atoms with E-state index in [9.17, 15) is 4.79 Å². The van der Waals surface area contributed by atoms with E-state index in [1.165, 1.54) is 26.9 Å². The van der Waals surface area contributed by atoms with Crippen molar-refractivity contribution in [1.82, 2.24) is 14.8 Å². The van der Waals surface area contributed by atoms with Gasteiger partial charge in [0.1, 0.15) is 0 Å². The topological polar surface area (TPSA) is 37.3 Å². The van der Waals surface area contributed by atoms with E-state index >= 15 is 0 Å². The molecule has 0 saturated carbocycles. The van der Waals surface area contributed by atoms with Gasteiger partial charge in [0.25, 0.3) is 0 Å². The number of aromatic nitrogens is 1. The fourth-order valence-electron chi connectivity index (χ4n) is 5.07. The maximum Gasteiger partial charge on any atom is 0.221 e. The van der Waals surface area contributed by atoms with Crippen molar-refractivity contribution in [3.63, 3.8) is 0 Å². The first kappa shape index (κ1) is 26.2. The van der Waals surface area contributed by atoms with Gasteiger partial charge in [0.2, 0.25) is 5.91 Å². The van der Waals surface area contributed by atoms with E-state index in [4.69, 9.17) is 0 Å². The number of nitrogens with one attached hydrogen (secondary N) is 1. The molecule has 4 nitrogen and oxygen atoms in total. The molecule has 0 radical (unpaired) electrons. The zero-order chi connectivity index (χ0) is 25.3. The lowest BCUT2D eigenvalue weighted by Gasteiger charge is -2.21. The third kappa shape index (κ3) is 6.65. The van der Waals surface area contributed by atoms with E-state index < -0.39 is 0 Å². The molecule has 0 aliphatic rings. The van der Waals surface area contributed by atoms with Gasteiger partial charge in [-0.15, -0.1) is 11.3 Å². The molecule has 0 bridgehead atoms. The quantitative estimate of drug-likeness (QED) is 0.216. The van der Waals surface area contributed by atoms with Crippen LogP contribution in [0.4, 0.5) is 0 Å². The minimum Gasteiger partial charge on any atom is -0.354 e. The van der Waals surface area contributed by atoms with E-state index in [0.29, 0.717) is 6.42 Å². The number of amides is 1. The highest BCUT2D eigenvalue weighted by Gasteiger charge is 2.24. The van der Waals surface area contributed by atoms with Crippen LogP contribution in [-0.2, 0) is 11.3 Å². The van der Waals surface area contributed by atoms with Crippen molar-refractivity contribution < 1.29 is 4.79 Å². The molecule has 0 aliphatic carbocycles. The second-order valence-corrected chi connectivity index (χ2v) is 10.6. The Morgan fingerprint density at radius 2 is 1.75 bits per heavy atom. The van der Waals surface area contributed by atoms with Crippen LogP contribution in [0.5, 0.6) is 0 Å². The highest BCUT2D eigenvalue weighted by atomic mass is 32.1. The first-order valence-corrected chi connectivity index (χ1v) is 14.1. The van der Waals surface area contributed by atoms with Crippen LogP contribution in [0.3, 0.4) is 0 Å². The van der Waals surface area contributed by atoms with Gasteiger partial charge in [0.05, 0.1) is 0 Å². The number of hydrogen-bond acceptors (Lipinski definition) is 3. The molecule has 2 heterocycles. The van der Waals surface area contributed by atoms with Gasteiger partial charge in [-0.1, -0.05) is 68.4 Å². The minimum atomic E-state index is 0.0368. The molecule has 2 atom stereocenters. The molecule has 2 unspecified atom stereocenters. The Kier molecular flexibility index (Phi) is 9.37. The molecule has 0 aliphatic heterocycles. The summed E-state index contributed by atoms with van der Waals surface area (Å²) in [5, 5.41) is 6.63. The van der Waals surface area contributed by atoms with Crippen molar-refractivity contribution in [3.05, 3.63) is 94.3 Å². The first-order valence-electron chi connectivity index (χ1n) is 13.3. The van der Waals surface area contributed by atoms with Gasteiger partial charge in [0.15, 0.2) is 0 Å². The summed E-state index contributed by atoms with van der Waals surface area (Å²) in [7, 11) is 0. The summed E-state index contributed by atoms with van der Waals surface area (Å²) in [6.07, 6.45) is 4.83. The van der Waals surface area contributed by atoms with Gasteiger partial charge < -0.3 is 14.8 Å². The average molecular weight is 502 g/mol. The van der Waals surface area contributed by atoms with Gasteiger partial charge in [0, 0.05) is 46.9 Å². The van der Waals surface area contributed by atoms with E-state index in [1.807, 2.05) is 0 Å². The molecule has 4 aromatic rings. The standard InChI is InChI=1S/C31H39N3OS/c1-4-33(5-2)19-11-13-24(3)32-31(35)21-27(30-18-12-20-36-30)28-23-34(22-25-14-7-6-8-15-25)29-17-10-9-16-26(28)29/h6-10,12,14-18,20,23-24,27H,4-5,11,13,19,21-22H2,1-3H3,(H,32,35). The second-order valence-electron chi connectivity index (χ2n) is 9.62. The number of benzene rings is 2. The van der Waals surface area contributed by atoms with Crippen LogP contribution in [0.15, 0.2) is 78.3 Å². The Labute approximate surface area is 220 Å². The summed E-state index contributed by atoms with van der Waals surface area (Å²) in [6.45, 7) is 10.6. The van der Waals surface area contributed by atoms with Crippen LogP contribution in [0.25, 0.3) is 10.9 Å². The molecule has 190 valence electrons. The number of hydrogen-bond donors (Lipinski definition) is 1. The Bertz CT molecular complexity index is 1210. The Hall–Kier alpha value is -2.89. The smallest absolute Gasteiger partial charge is 0.221 e. The summed E-state index contributed by atoms with van der Waals surface area (Å²) in [5.74, 6) is 0.165. The van der Waals surface area contributed by atoms with Gasteiger partial charge >= 0.3 is 0 Å². The number of carbonyl (C=O) groups excluding carboxylic acids is 1. The molecular weight excluding hydrogens is 462 g/mol. The molecule has 0 saturated heterocycles. The van der Waals surface area contributed by atoms with Gasteiger partial charge in [-0.25, -0.2) is 0 Å². The zero-order valence-corrected chi connectivity index (χ0v) is 22.6. The van der Waals surface area contributed by atoms with Crippen LogP contribution < -0.4 is 5.32 Å². The lowest BCUT2D eigenvalue weighted by atomic mass is 9.93. The van der Waals surface area contributed by atoms with Crippen LogP contribution >= 0.6 is 11.3 Å². The fourth-order valence-corrected chi connectivity index (χ4v) is 5.92. The van der Waals surface area contributed by atoms with Gasteiger partial charge in [-0.05, 0) is 68.0 Å². The highest BCUT2D eigenvalue weighted by Crippen LogP contribution is 2.37. The Balaban J connectivity index is 1.52. The number of nitrogens with zero attached hydrogens (tertiary/aromatic N) is 2. The monoisotopic (exact) mass is 501 g/mol. The number of thiophene rings is 1. The van der Waals surface area contributed by atoms with Gasteiger partial charge in [-0.3, -0.25) is 4.79 Å². The zero-order valence-electron chi connectivity index (χ0n) is 21.8. The molecule has 0 spiro atoms. The second kappa shape index (κ2) is 12.9. The SMILES string of the molecule is CCN(CC)CCCC(C)NC(=O)CC(c1cccs1)c1cn(Cc2ccccc2)c2ccccc12. The largest absolute Gasteiger partial charge is 0.354 e. The summed E-state index contributed by atoms with van der Waals surface area (Å²) in [5.41, 5.74) is 3.71. The van der Waals surface area contributed by atoms with E-state index in [0.717, 1.165) is 39.0 Å². The Morgan fingerprint density at radius 1 is 1.00 bits per heavy atom. The summed E-state index contributed by atoms with van der Waals surface area (Å²) < 4.78 is 2.33. The van der Waals surface area contributed by atoms with Crippen LogP contribution in [0.1, 0.15) is 62.0 Å². The molecule has 2 aromatic heterocycles. The van der Waals surface area contributed by atoms with Crippen molar-refractivity contribution in [2.75, 3.05) is 19.6 Å². The third-order valence-electron chi connectivity index (χ3n) is 7.08. The van der Waals surface area contributed by atoms with Crippen molar-refractivity contribution in [2.24, 2.45) is 0 Å². The van der Waals surface area contributed by atoms with E-state index in [1.54, 1.807) is 11.3 Å². The molecule has 1 N–H and O–H groups in total. The van der Waals surface area contributed by atoms with Crippen LogP contribution in [0, 0.1) is 0 Å². The van der Waals surface area contributed by atoms with Crippen LogP contribution in [-0.4, -0.2) is 41.1 Å². The van der Waals surface area contributed by atoms with Gasteiger partial charge in [-0.2, -0.15) is 0 Å². The molecule has 36 heavy (non-hydrogen) atoms. The number of rotatable bonds is 13. The van der Waals surface area contributed by atoms with Crippen molar-refractivity contribution in [3.8, 4) is 0 Å². The highest BCUT2D eigenvalue weighted by molar-refractivity contribution is 7.10. The lowest BCUT2D eigenvalue weighted by Crippen LogP contribution is -2.34. The summed E-state index contributed by atoms with van der Waals surface area (Å²) in [4.78, 5) is 16.9. The van der Waals surface area contributed by atoms with Crippen molar-refractivity contribution >= 4 is 28.1 Å². The molecule has 0 fully saturated rings. The molecule has 2 aromatic carbocycles. The maximum absolute atomic E-state index is 13.3. The molecular formula is C31H39N3OS. The number of carbonyl (C=O) groups is 1. The summed E-state index contributed by atoms with van der Waals surface area (Å²) >= 11 is 1.74. The average Bonchev–Trinajstić information content (AvgIpc) is 3.55. The predicted molar refractivity (Wildman–Crippen MR) is 153 cm³/mol. The first-order chi connectivity index (χ1) is 17.6. The van der Waals surface area contributed by atoms with Crippen LogP contribution in [0.2, 0.25) is 0 Å². The normalized spacial score (nSPS) is 13.2. The predicted octanol–water partition coefficient (Wildman–Crippen LogP) is 6.90.